The van der Waals surface area contributed by atoms with E-state index in [0.29, 0.717) is 0 Å². The highest BCUT2D eigenvalue weighted by atomic mass is 32.2. The topological polar surface area (TPSA) is 123 Å². The summed E-state index contributed by atoms with van der Waals surface area (Å²) in [5.74, 6) is -1.14. The third kappa shape index (κ3) is 2.38. The molecule has 0 saturated carbocycles. The van der Waals surface area contributed by atoms with Gasteiger partial charge in [-0.2, -0.15) is 0 Å². The lowest BCUT2D eigenvalue weighted by molar-refractivity contribution is -0.119. The van der Waals surface area contributed by atoms with Crippen molar-refractivity contribution in [1.82, 2.24) is 0 Å². The highest BCUT2D eigenvalue weighted by Gasteiger charge is 2.27. The van der Waals surface area contributed by atoms with Gasteiger partial charge in [0.25, 0.3) is 11.8 Å². The van der Waals surface area contributed by atoms with E-state index in [-0.39, 0.29) is 16.3 Å². The molecule has 0 bridgehead atoms. The van der Waals surface area contributed by atoms with Gasteiger partial charge in [-0.25, -0.2) is 9.11 Å². The minimum absolute atomic E-state index is 0.00166. The Morgan fingerprint density at radius 2 is 1.89 bits per heavy atom. The Balaban J connectivity index is 2.57. The summed E-state index contributed by atoms with van der Waals surface area (Å²) in [5, 5.41) is 3.32. The fourth-order valence-electron chi connectivity index (χ4n) is 1.57. The van der Waals surface area contributed by atoms with E-state index >= 15 is 0 Å². The van der Waals surface area contributed by atoms with Crippen LogP contribution in [-0.2, 0) is 20.7 Å². The first-order chi connectivity index (χ1) is 9.04. The van der Waals surface area contributed by atoms with Crippen LogP contribution in [-0.4, -0.2) is 20.6 Å². The van der Waals surface area contributed by atoms with Crippen LogP contribution in [0.5, 0.6) is 0 Å². The lowest BCUT2D eigenvalue weighted by Crippen LogP contribution is -2.29. The Morgan fingerprint density at radius 3 is 2.42 bits per heavy atom. The Hall–Kier alpha value is -2.48. The van der Waals surface area contributed by atoms with E-state index < -0.39 is 22.9 Å². The summed E-state index contributed by atoms with van der Waals surface area (Å²) in [7, 11) is 0. The monoisotopic (exact) mass is 278 g/mol. The summed E-state index contributed by atoms with van der Waals surface area (Å²) < 4.78 is 19.9. The number of imide groups is 1. The van der Waals surface area contributed by atoms with E-state index in [2.05, 4.69) is 10.0 Å². The van der Waals surface area contributed by atoms with Gasteiger partial charge >= 0.3 is 0 Å². The van der Waals surface area contributed by atoms with E-state index in [1.54, 1.807) is 0 Å². The van der Waals surface area contributed by atoms with Crippen molar-refractivity contribution in [3.63, 3.8) is 0 Å². The minimum Gasteiger partial charge on any atom is -0.302 e. The molecule has 1 aliphatic heterocycles. The molecule has 1 aromatic carbocycles. The molecule has 9 heteroatoms. The number of hydrogen-bond acceptors (Lipinski definition) is 4. The van der Waals surface area contributed by atoms with E-state index in [9.17, 15) is 13.8 Å². The number of benzene rings is 1. The molecule has 19 heavy (non-hydrogen) atoms. The van der Waals surface area contributed by atoms with Crippen molar-refractivity contribution >= 4 is 34.3 Å². The fourth-order valence-corrected chi connectivity index (χ4v) is 1.96. The van der Waals surface area contributed by atoms with Gasteiger partial charge in [-0.05, 0) is 23.7 Å². The molecule has 8 nitrogen and oxygen atoms in total. The van der Waals surface area contributed by atoms with Gasteiger partial charge in [0, 0.05) is 17.1 Å². The van der Waals surface area contributed by atoms with Crippen LogP contribution in [0.2, 0.25) is 0 Å². The average Bonchev–Trinajstić information content (AvgIpc) is 2.70. The second-order valence-corrected chi connectivity index (χ2v) is 4.40. The molecule has 0 spiro atoms. The van der Waals surface area contributed by atoms with Crippen molar-refractivity contribution in [2.45, 2.75) is 4.90 Å². The highest BCUT2D eigenvalue weighted by molar-refractivity contribution is 7.79. The summed E-state index contributed by atoms with van der Waals surface area (Å²) in [6.45, 7) is 0. The van der Waals surface area contributed by atoms with Gasteiger partial charge in [-0.3, -0.25) is 9.59 Å². The zero-order valence-corrected chi connectivity index (χ0v) is 10.1. The number of azide groups is 1. The van der Waals surface area contributed by atoms with Gasteiger partial charge in [0.1, 0.15) is 0 Å². The average molecular weight is 278 g/mol. The first-order valence-corrected chi connectivity index (χ1v) is 6.01. The van der Waals surface area contributed by atoms with Gasteiger partial charge in [0.2, 0.25) is 0 Å². The maximum atomic E-state index is 11.5. The van der Waals surface area contributed by atoms with Crippen LogP contribution < -0.4 is 4.90 Å². The molecule has 2 rings (SSSR count). The van der Waals surface area contributed by atoms with E-state index in [4.69, 9.17) is 10.1 Å². The molecule has 1 heterocycles. The minimum atomic E-state index is -2.26. The lowest BCUT2D eigenvalue weighted by atomic mass is 10.2. The van der Waals surface area contributed by atoms with Crippen LogP contribution >= 0.6 is 0 Å². The van der Waals surface area contributed by atoms with Gasteiger partial charge in [0.05, 0.1) is 16.3 Å². The summed E-state index contributed by atoms with van der Waals surface area (Å²) in [5.41, 5.74) is 8.45. The fraction of sp³-hybridized carbons (Fsp3) is 0. The molecule has 0 fully saturated rings. The molecule has 1 atom stereocenters. The van der Waals surface area contributed by atoms with Crippen LogP contribution in [0.15, 0.2) is 40.4 Å². The number of nitrogens with zero attached hydrogens (tertiary/aromatic N) is 4. The molecule has 0 radical (unpaired) electrons. The summed E-state index contributed by atoms with van der Waals surface area (Å²) in [4.78, 5) is 26.4. The number of rotatable bonds is 3. The molecule has 1 aromatic rings. The van der Waals surface area contributed by atoms with Crippen molar-refractivity contribution in [2.24, 2.45) is 5.11 Å². The van der Waals surface area contributed by atoms with Crippen molar-refractivity contribution in [1.29, 1.82) is 0 Å². The van der Waals surface area contributed by atoms with Gasteiger partial charge in [-0.15, -0.1) is 0 Å². The number of carbonyl (C=O) groups excluding carboxylic acids is 2. The van der Waals surface area contributed by atoms with Gasteiger partial charge < -0.3 is 4.55 Å². The maximum Gasteiger partial charge on any atom is 0.258 e. The molecule has 0 saturated heterocycles. The number of hydrogen-bond donors (Lipinski definition) is 1. The van der Waals surface area contributed by atoms with Crippen LogP contribution in [0.4, 0.5) is 11.4 Å². The summed E-state index contributed by atoms with van der Waals surface area (Å²) in [6, 6.07) is 3.68. The van der Waals surface area contributed by atoms with Gasteiger partial charge in [-0.1, -0.05) is 5.11 Å². The standard InChI is InChI=1S/C10H6N4O4S/c11-13-12-7-5-6(19(17)18)1-2-8(7)14-9(15)3-4-10(14)16/h1-5H,(H,17,18). The first-order valence-electron chi connectivity index (χ1n) is 4.90. The third-order valence-corrected chi connectivity index (χ3v) is 3.01. The van der Waals surface area contributed by atoms with E-state index in [1.807, 2.05) is 0 Å². The smallest absolute Gasteiger partial charge is 0.258 e. The summed E-state index contributed by atoms with van der Waals surface area (Å²) >= 11 is -2.26. The van der Waals surface area contributed by atoms with Crippen LogP contribution in [0.25, 0.3) is 10.4 Å². The third-order valence-electron chi connectivity index (χ3n) is 2.35. The molecule has 1 unspecified atom stereocenters. The quantitative estimate of drug-likeness (QED) is 0.296. The second-order valence-electron chi connectivity index (χ2n) is 3.43. The molecular formula is C10H6N4O4S. The second kappa shape index (κ2) is 5.02. The number of amides is 2. The number of anilines is 1. The highest BCUT2D eigenvalue weighted by Crippen LogP contribution is 2.32. The molecule has 1 N–H and O–H groups in total. The van der Waals surface area contributed by atoms with Crippen LogP contribution in [0.3, 0.4) is 0 Å². The lowest BCUT2D eigenvalue weighted by Gasteiger charge is -2.16. The maximum absolute atomic E-state index is 11.5. The summed E-state index contributed by atoms with van der Waals surface area (Å²) in [6.07, 6.45) is 2.17. The van der Waals surface area contributed by atoms with Crippen LogP contribution in [0, 0.1) is 0 Å². The Labute approximate surface area is 109 Å². The molecule has 0 aliphatic carbocycles. The van der Waals surface area contributed by atoms with Crippen molar-refractivity contribution in [3.05, 3.63) is 40.8 Å². The molecule has 96 valence electrons. The Kier molecular flexibility index (Phi) is 3.43. The molecule has 2 amide bonds. The zero-order chi connectivity index (χ0) is 14.0. The van der Waals surface area contributed by atoms with E-state index in [1.165, 1.54) is 12.1 Å². The SMILES string of the molecule is [N-]=[N+]=Nc1cc(S(=O)O)ccc1N1C(=O)C=CC1=O. The number of carbonyl (C=O) groups is 2. The van der Waals surface area contributed by atoms with Crippen molar-refractivity contribution in [3.8, 4) is 0 Å². The van der Waals surface area contributed by atoms with E-state index in [0.717, 1.165) is 23.1 Å². The molecular weight excluding hydrogens is 272 g/mol. The van der Waals surface area contributed by atoms with Gasteiger partial charge in [0.15, 0.2) is 11.1 Å². The predicted molar refractivity (Wildman–Crippen MR) is 65.9 cm³/mol. The molecule has 0 aromatic heterocycles. The zero-order valence-electron chi connectivity index (χ0n) is 9.26. The van der Waals surface area contributed by atoms with Crippen molar-refractivity contribution < 1.29 is 18.4 Å². The molecule has 1 aliphatic rings. The normalized spacial score (nSPS) is 15.5. The van der Waals surface area contributed by atoms with Crippen molar-refractivity contribution in [2.75, 3.05) is 4.90 Å². The predicted octanol–water partition coefficient (Wildman–Crippen LogP) is 1.64. The first kappa shape index (κ1) is 13.0. The Bertz CT molecular complexity index is 660. The largest absolute Gasteiger partial charge is 0.302 e. The Morgan fingerprint density at radius 1 is 1.26 bits per heavy atom. The van der Waals surface area contributed by atoms with Crippen LogP contribution in [0.1, 0.15) is 0 Å².